The monoisotopic (exact) mass is 547 g/mol. The van der Waals surface area contributed by atoms with Gasteiger partial charge < -0.3 is 0 Å². The van der Waals surface area contributed by atoms with Crippen molar-refractivity contribution in [3.8, 4) is 0 Å². The molecule has 0 N–H and O–H groups in total. The van der Waals surface area contributed by atoms with E-state index in [1.807, 2.05) is 102 Å². The Morgan fingerprint density at radius 2 is 1.02 bits per heavy atom. The third kappa shape index (κ3) is 11.3. The standard InChI is InChI=1S/C40H56/c1-31(19-13-21-33(3)25-27-37-35(5)23-15-29-39(37,7)8)17-11-12-18-32(2)20-14-22-34(4)26-28-38-36(6)24-16-30-40(38,9)10/h11-14,17-22,25-28H,15-16,23-24,29-30H2,1-10H3/b12-11+,19-13+,20-14+,27-25+,28-26+,31-17+,32-18+,33-21+,34-22+/i7D2,9D2,23D2,24D2,25D,26D. The molecule has 216 valence electrons. The highest BCUT2D eigenvalue weighted by atomic mass is 14.3. The zero-order chi connectivity index (χ0) is 38.2. The van der Waals surface area contributed by atoms with Gasteiger partial charge in [0.25, 0.3) is 0 Å². The van der Waals surface area contributed by atoms with Crippen molar-refractivity contribution in [2.45, 2.75) is 108 Å². The van der Waals surface area contributed by atoms with E-state index in [0.29, 0.717) is 46.3 Å². The molecule has 0 aliphatic heterocycles. The Bertz CT molecular complexity index is 1480. The third-order valence-electron chi connectivity index (χ3n) is 7.24. The van der Waals surface area contributed by atoms with Crippen molar-refractivity contribution in [2.75, 3.05) is 0 Å². The Balaban J connectivity index is 2.11. The van der Waals surface area contributed by atoms with E-state index in [1.165, 1.54) is 0 Å². The molecule has 0 heterocycles. The molecule has 2 rings (SSSR count). The summed E-state index contributed by atoms with van der Waals surface area (Å²) in [5, 5.41) is 0. The van der Waals surface area contributed by atoms with Gasteiger partial charge in [-0.3, -0.25) is 0 Å². The second kappa shape index (κ2) is 15.8. The Labute approximate surface area is 261 Å². The molecule has 2 atom stereocenters. The first kappa shape index (κ1) is 20.9. The van der Waals surface area contributed by atoms with Crippen LogP contribution >= 0.6 is 0 Å². The molecule has 0 nitrogen and oxygen atoms in total. The molecule has 0 fully saturated rings. The van der Waals surface area contributed by atoms with Crippen LogP contribution in [-0.4, -0.2) is 0 Å². The van der Waals surface area contributed by atoms with Crippen LogP contribution in [-0.2, 0) is 0 Å². The molecule has 0 aromatic rings. The average molecular weight is 547 g/mol. The lowest BCUT2D eigenvalue weighted by molar-refractivity contribution is 0.376. The topological polar surface area (TPSA) is 0 Å². The van der Waals surface area contributed by atoms with Gasteiger partial charge in [0.05, 0.1) is 2.74 Å². The van der Waals surface area contributed by atoms with Crippen LogP contribution < -0.4 is 0 Å². The second-order valence-electron chi connectivity index (χ2n) is 11.5. The SMILES string of the molecule is [2H]C(=C\C1=C(C)C([2H])([2H])CCC1(C)C([2H])[2H])/C(C)=C/C=C/C(C)=C/C=C/C=C(C)/C=C/C=C(C)/C([2H])=C/C1=C(C)C([2H])([2H])CCC1(C)C([2H])[2H]. The molecule has 0 aromatic carbocycles. The molecule has 0 saturated carbocycles. The van der Waals surface area contributed by atoms with Crippen molar-refractivity contribution in [2.24, 2.45) is 10.8 Å². The zero-order valence-electron chi connectivity index (χ0n) is 35.9. The molecule has 2 aliphatic rings. The largest absolute Gasteiger partial charge is 0.0696 e. The first-order valence-electron chi connectivity index (χ1n) is 19.5. The van der Waals surface area contributed by atoms with Crippen molar-refractivity contribution in [1.82, 2.24) is 0 Å². The molecule has 0 spiro atoms. The predicted molar refractivity (Wildman–Crippen MR) is 181 cm³/mol. The van der Waals surface area contributed by atoms with E-state index >= 15 is 0 Å². The number of allylic oxidation sites excluding steroid dienone is 22. The van der Waals surface area contributed by atoms with Gasteiger partial charge >= 0.3 is 0 Å². The average Bonchev–Trinajstić information content (AvgIpc) is 3.03. The molecule has 40 heavy (non-hydrogen) atoms. The highest BCUT2D eigenvalue weighted by Crippen LogP contribution is 2.41. The van der Waals surface area contributed by atoms with Gasteiger partial charge in [-0.05, 0) is 102 Å². The summed E-state index contributed by atoms with van der Waals surface area (Å²) < 4.78 is 82.9. The van der Waals surface area contributed by atoms with E-state index in [4.69, 9.17) is 13.7 Å². The molecule has 2 aliphatic carbocycles. The number of rotatable bonds is 10. The Kier molecular flexibility index (Phi) is 8.27. The van der Waals surface area contributed by atoms with Crippen LogP contribution in [0.1, 0.15) is 121 Å². The quantitative estimate of drug-likeness (QED) is 0.239. The minimum Gasteiger partial charge on any atom is -0.0696 e. The van der Waals surface area contributed by atoms with E-state index < -0.39 is 37.3 Å². The summed E-state index contributed by atoms with van der Waals surface area (Å²) in [6, 6.07) is 0.471. The summed E-state index contributed by atoms with van der Waals surface area (Å²) in [4.78, 5) is 0. The van der Waals surface area contributed by atoms with Crippen molar-refractivity contribution < 1.29 is 13.7 Å². The molecular formula is C40H56. The first-order valence-corrected chi connectivity index (χ1v) is 14.2. The van der Waals surface area contributed by atoms with Crippen LogP contribution in [0, 0.1) is 10.8 Å². The lowest BCUT2D eigenvalue weighted by atomic mass is 9.72. The molecule has 0 bridgehead atoms. The molecular weight excluding hydrogens is 480 g/mol. The van der Waals surface area contributed by atoms with E-state index in [9.17, 15) is 0 Å². The fourth-order valence-electron chi connectivity index (χ4n) is 4.56. The van der Waals surface area contributed by atoms with Gasteiger partial charge in [0.15, 0.2) is 0 Å². The van der Waals surface area contributed by atoms with Gasteiger partial charge in [-0.15, -0.1) is 0 Å². The molecule has 0 radical (unpaired) electrons. The van der Waals surface area contributed by atoms with E-state index in [2.05, 4.69) is 0 Å². The summed E-state index contributed by atoms with van der Waals surface area (Å²) in [7, 11) is 0. The molecule has 0 amide bonds. The summed E-state index contributed by atoms with van der Waals surface area (Å²) in [6.07, 6.45) is 20.6. The molecule has 2 unspecified atom stereocenters. The van der Waals surface area contributed by atoms with Crippen molar-refractivity contribution >= 4 is 0 Å². The van der Waals surface area contributed by atoms with Gasteiger partial charge in [-0.1, -0.05) is 146 Å². The van der Waals surface area contributed by atoms with Crippen LogP contribution in [0.25, 0.3) is 0 Å². The summed E-state index contributed by atoms with van der Waals surface area (Å²) in [5.41, 5.74) is 3.93. The maximum absolute atomic E-state index is 8.61. The van der Waals surface area contributed by atoms with Crippen molar-refractivity contribution in [3.05, 3.63) is 130 Å². The fourth-order valence-corrected chi connectivity index (χ4v) is 4.56. The van der Waals surface area contributed by atoms with E-state index in [0.717, 1.165) is 11.1 Å². The van der Waals surface area contributed by atoms with Crippen LogP contribution in [0.15, 0.2) is 130 Å². The van der Waals surface area contributed by atoms with Gasteiger partial charge in [-0.25, -0.2) is 0 Å². The summed E-state index contributed by atoms with van der Waals surface area (Å²) in [5.74, 6) is 0. The predicted octanol–water partition coefficient (Wildman–Crippen LogP) is 12.6. The first-order chi connectivity index (χ1) is 23.0. The zero-order valence-corrected chi connectivity index (χ0v) is 25.9. The number of hydrogen-bond donors (Lipinski definition) is 0. The van der Waals surface area contributed by atoms with Gasteiger partial charge in [-0.2, -0.15) is 0 Å². The normalized spacial score (nSPS) is 33.5. The highest BCUT2D eigenvalue weighted by molar-refractivity contribution is 5.39. The van der Waals surface area contributed by atoms with Crippen LogP contribution in [0.4, 0.5) is 0 Å². The minimum atomic E-state index is -1.51. The Morgan fingerprint density at radius 1 is 0.650 bits per heavy atom. The second-order valence-corrected chi connectivity index (χ2v) is 11.5. The van der Waals surface area contributed by atoms with Crippen LogP contribution in [0.2, 0.25) is 0 Å². The van der Waals surface area contributed by atoms with Gasteiger partial charge in [0.1, 0.15) is 0 Å². The fraction of sp³-hybridized carbons (Fsp3) is 0.450. The Hall–Kier alpha value is -2.86. The minimum absolute atomic E-state index is 0.235. The van der Waals surface area contributed by atoms with E-state index in [1.54, 1.807) is 26.0 Å². The number of hydrogen-bond acceptors (Lipinski definition) is 0. The molecule has 0 heteroatoms. The van der Waals surface area contributed by atoms with Crippen LogP contribution in [0.5, 0.6) is 0 Å². The molecule has 0 saturated heterocycles. The maximum atomic E-state index is 8.61. The highest BCUT2D eigenvalue weighted by Gasteiger charge is 2.27. The summed E-state index contributed by atoms with van der Waals surface area (Å²) in [6.45, 7) is 12.3. The van der Waals surface area contributed by atoms with Crippen LogP contribution in [0.3, 0.4) is 0 Å². The lowest BCUT2D eigenvalue weighted by Gasteiger charge is -2.33. The van der Waals surface area contributed by atoms with Gasteiger partial charge in [0.2, 0.25) is 0 Å². The Morgan fingerprint density at radius 3 is 1.40 bits per heavy atom. The smallest absolute Gasteiger partial charge is 0.0626 e. The van der Waals surface area contributed by atoms with Gasteiger partial charge in [0, 0.05) is 11.0 Å². The third-order valence-corrected chi connectivity index (χ3v) is 7.24. The van der Waals surface area contributed by atoms with Crippen molar-refractivity contribution in [3.63, 3.8) is 0 Å². The van der Waals surface area contributed by atoms with E-state index in [-0.39, 0.29) is 24.9 Å². The lowest BCUT2D eigenvalue weighted by Crippen LogP contribution is -2.19. The molecule has 0 aromatic heterocycles. The maximum Gasteiger partial charge on any atom is 0.0626 e. The summed E-state index contributed by atoms with van der Waals surface area (Å²) >= 11 is 0. The van der Waals surface area contributed by atoms with Crippen molar-refractivity contribution in [1.29, 1.82) is 0 Å².